The highest BCUT2D eigenvalue weighted by Gasteiger charge is 2.08. The molecule has 2 N–H and O–H groups in total. The second kappa shape index (κ2) is 9.33. The molecular weight excluding hydrogens is 323 g/mol. The molecule has 0 fully saturated rings. The van der Waals surface area contributed by atoms with Gasteiger partial charge in [-0.15, -0.1) is 0 Å². The van der Waals surface area contributed by atoms with Crippen molar-refractivity contribution < 1.29 is 9.18 Å². The lowest BCUT2D eigenvalue weighted by Crippen LogP contribution is -2.31. The molecule has 2 aromatic rings. The number of thioether (sulfide) groups is 1. The normalized spacial score (nSPS) is 10.5. The Hall–Kier alpha value is -2.01. The van der Waals surface area contributed by atoms with Crippen LogP contribution in [0.2, 0.25) is 0 Å². The predicted molar refractivity (Wildman–Crippen MR) is 100 cm³/mol. The zero-order valence-corrected chi connectivity index (χ0v) is 14.9. The van der Waals surface area contributed by atoms with E-state index in [2.05, 4.69) is 17.6 Å². The van der Waals surface area contributed by atoms with Gasteiger partial charge in [-0.3, -0.25) is 0 Å². The number of benzene rings is 2. The number of hydrogen-bond acceptors (Lipinski definition) is 2. The zero-order chi connectivity index (χ0) is 17.4. The second-order valence-corrected chi connectivity index (χ2v) is 6.59. The van der Waals surface area contributed by atoms with Crippen molar-refractivity contribution in [1.82, 2.24) is 5.32 Å². The molecule has 0 saturated carbocycles. The lowest BCUT2D eigenvalue weighted by molar-refractivity contribution is 0.252. The zero-order valence-electron chi connectivity index (χ0n) is 14.1. The summed E-state index contributed by atoms with van der Waals surface area (Å²) in [6, 6.07) is 12.6. The van der Waals surface area contributed by atoms with Crippen LogP contribution in [0.4, 0.5) is 14.9 Å². The first-order valence-electron chi connectivity index (χ1n) is 8.06. The molecule has 0 aliphatic rings. The van der Waals surface area contributed by atoms with Crippen LogP contribution in [0, 0.1) is 12.7 Å². The van der Waals surface area contributed by atoms with E-state index in [-0.39, 0.29) is 11.8 Å². The van der Waals surface area contributed by atoms with E-state index in [1.54, 1.807) is 23.9 Å². The molecule has 0 saturated heterocycles. The summed E-state index contributed by atoms with van der Waals surface area (Å²) in [6.07, 6.45) is 0.871. The van der Waals surface area contributed by atoms with Gasteiger partial charge >= 0.3 is 6.03 Å². The van der Waals surface area contributed by atoms with Gasteiger partial charge in [0.1, 0.15) is 5.82 Å². The van der Waals surface area contributed by atoms with E-state index in [1.165, 1.54) is 6.07 Å². The first-order chi connectivity index (χ1) is 11.6. The maximum Gasteiger partial charge on any atom is 0.319 e. The van der Waals surface area contributed by atoms with Gasteiger partial charge in [-0.25, -0.2) is 9.18 Å². The summed E-state index contributed by atoms with van der Waals surface area (Å²) in [6.45, 7) is 4.59. The first-order valence-corrected chi connectivity index (χ1v) is 9.21. The van der Waals surface area contributed by atoms with Crippen LogP contribution in [0.5, 0.6) is 0 Å². The Bertz CT molecular complexity index is 691. The van der Waals surface area contributed by atoms with Crippen LogP contribution >= 0.6 is 11.8 Å². The van der Waals surface area contributed by atoms with Gasteiger partial charge in [-0.1, -0.05) is 43.3 Å². The van der Waals surface area contributed by atoms with E-state index in [0.717, 1.165) is 29.0 Å². The fraction of sp³-hybridized carbons (Fsp3) is 0.316. The maximum atomic E-state index is 13.5. The predicted octanol–water partition coefficient (Wildman–Crippen LogP) is 4.75. The Morgan fingerprint density at radius 2 is 1.88 bits per heavy atom. The first kappa shape index (κ1) is 18.3. The number of halogens is 1. The number of aryl methyl sites for hydroxylation is 2. The third kappa shape index (κ3) is 5.27. The summed E-state index contributed by atoms with van der Waals surface area (Å²) < 4.78 is 13.5. The fourth-order valence-corrected chi connectivity index (χ4v) is 3.24. The van der Waals surface area contributed by atoms with Crippen molar-refractivity contribution in [3.05, 3.63) is 65.0 Å². The number of anilines is 1. The molecule has 2 rings (SSSR count). The molecule has 0 heterocycles. The van der Waals surface area contributed by atoms with Gasteiger partial charge in [0.2, 0.25) is 0 Å². The number of para-hydroxylation sites is 1. The van der Waals surface area contributed by atoms with Crippen molar-refractivity contribution in [3.63, 3.8) is 0 Å². The van der Waals surface area contributed by atoms with Gasteiger partial charge in [0.05, 0.1) is 0 Å². The van der Waals surface area contributed by atoms with Crippen molar-refractivity contribution in [2.45, 2.75) is 26.0 Å². The Morgan fingerprint density at radius 3 is 2.62 bits per heavy atom. The van der Waals surface area contributed by atoms with E-state index in [1.807, 2.05) is 31.2 Å². The van der Waals surface area contributed by atoms with Crippen molar-refractivity contribution in [2.75, 3.05) is 17.6 Å². The van der Waals surface area contributed by atoms with Crippen LogP contribution < -0.4 is 10.6 Å². The molecule has 0 bridgehead atoms. The number of urea groups is 1. The van der Waals surface area contributed by atoms with Gasteiger partial charge < -0.3 is 10.6 Å². The van der Waals surface area contributed by atoms with Crippen LogP contribution in [-0.4, -0.2) is 18.3 Å². The molecule has 3 nitrogen and oxygen atoms in total. The Morgan fingerprint density at radius 1 is 1.12 bits per heavy atom. The van der Waals surface area contributed by atoms with Crippen LogP contribution in [0.15, 0.2) is 42.5 Å². The van der Waals surface area contributed by atoms with Crippen LogP contribution in [0.3, 0.4) is 0 Å². The number of amides is 2. The summed E-state index contributed by atoms with van der Waals surface area (Å²) in [4.78, 5) is 12.0. The average molecular weight is 346 g/mol. The van der Waals surface area contributed by atoms with Crippen LogP contribution in [-0.2, 0) is 12.2 Å². The summed E-state index contributed by atoms with van der Waals surface area (Å²) in [5, 5.41) is 5.77. The van der Waals surface area contributed by atoms with Crippen LogP contribution in [0.1, 0.15) is 23.6 Å². The highest BCUT2D eigenvalue weighted by molar-refractivity contribution is 7.98. The molecule has 5 heteroatoms. The molecule has 2 aromatic carbocycles. The summed E-state index contributed by atoms with van der Waals surface area (Å²) >= 11 is 1.60. The molecule has 0 spiro atoms. The van der Waals surface area contributed by atoms with E-state index in [9.17, 15) is 9.18 Å². The van der Waals surface area contributed by atoms with E-state index in [0.29, 0.717) is 17.9 Å². The Kier molecular flexibility index (Phi) is 7.12. The number of nitrogens with one attached hydrogen (secondary N) is 2. The Balaban J connectivity index is 1.73. The third-order valence-corrected chi connectivity index (χ3v) is 4.73. The monoisotopic (exact) mass is 346 g/mol. The van der Waals surface area contributed by atoms with Gasteiger partial charge in [0.25, 0.3) is 0 Å². The van der Waals surface area contributed by atoms with Gasteiger partial charge in [-0.05, 0) is 36.1 Å². The largest absolute Gasteiger partial charge is 0.337 e. The molecule has 24 heavy (non-hydrogen) atoms. The maximum absolute atomic E-state index is 13.5. The van der Waals surface area contributed by atoms with E-state index >= 15 is 0 Å². The minimum Gasteiger partial charge on any atom is -0.337 e. The van der Waals surface area contributed by atoms with Gasteiger partial charge in [0, 0.05) is 23.7 Å². The van der Waals surface area contributed by atoms with Crippen molar-refractivity contribution >= 4 is 23.5 Å². The number of carbonyl (C=O) groups is 1. The van der Waals surface area contributed by atoms with E-state index in [4.69, 9.17) is 0 Å². The smallest absolute Gasteiger partial charge is 0.319 e. The SMILES string of the molecule is CCc1cccc(C)c1NC(=O)NCCSCc1ccccc1F. The summed E-state index contributed by atoms with van der Waals surface area (Å²) in [7, 11) is 0. The Labute approximate surface area is 147 Å². The lowest BCUT2D eigenvalue weighted by atomic mass is 10.1. The molecular formula is C19H23FN2OS. The van der Waals surface area contributed by atoms with Gasteiger partial charge in [-0.2, -0.15) is 11.8 Å². The lowest BCUT2D eigenvalue weighted by Gasteiger charge is -2.13. The summed E-state index contributed by atoms with van der Waals surface area (Å²) in [5.74, 6) is 1.16. The number of carbonyl (C=O) groups excluding carboxylic acids is 1. The standard InChI is InChI=1S/C19H23FN2OS/c1-3-15-9-6-7-14(2)18(15)22-19(23)21-11-12-24-13-16-8-4-5-10-17(16)20/h4-10H,3,11-13H2,1-2H3,(H2,21,22,23). The minimum atomic E-state index is -0.203. The number of rotatable bonds is 7. The van der Waals surface area contributed by atoms with Crippen molar-refractivity contribution in [1.29, 1.82) is 0 Å². The van der Waals surface area contributed by atoms with E-state index < -0.39 is 0 Å². The number of hydrogen-bond donors (Lipinski definition) is 2. The molecule has 0 aromatic heterocycles. The molecule has 0 aliphatic heterocycles. The van der Waals surface area contributed by atoms with Crippen LogP contribution in [0.25, 0.3) is 0 Å². The summed E-state index contributed by atoms with van der Waals surface area (Å²) in [5.41, 5.74) is 3.76. The molecule has 0 radical (unpaired) electrons. The molecule has 0 atom stereocenters. The highest BCUT2D eigenvalue weighted by Crippen LogP contribution is 2.20. The van der Waals surface area contributed by atoms with Gasteiger partial charge in [0.15, 0.2) is 0 Å². The topological polar surface area (TPSA) is 41.1 Å². The van der Waals surface area contributed by atoms with Crippen molar-refractivity contribution in [2.24, 2.45) is 0 Å². The minimum absolute atomic E-state index is 0.178. The van der Waals surface area contributed by atoms with Crippen molar-refractivity contribution in [3.8, 4) is 0 Å². The molecule has 0 aliphatic carbocycles. The second-order valence-electron chi connectivity index (χ2n) is 5.49. The average Bonchev–Trinajstić information content (AvgIpc) is 2.58. The fourth-order valence-electron chi connectivity index (χ4n) is 2.39. The third-order valence-electron chi connectivity index (χ3n) is 3.73. The molecule has 2 amide bonds. The molecule has 0 unspecified atom stereocenters. The molecule has 128 valence electrons. The highest BCUT2D eigenvalue weighted by atomic mass is 32.2. The quantitative estimate of drug-likeness (QED) is 0.710.